The highest BCUT2D eigenvalue weighted by atomic mass is 16.5. The van der Waals surface area contributed by atoms with Crippen molar-refractivity contribution in [2.24, 2.45) is 5.73 Å². The Morgan fingerprint density at radius 1 is 1.42 bits per heavy atom. The number of aliphatic hydroxyl groups excluding tert-OH is 2. The van der Waals surface area contributed by atoms with Crippen molar-refractivity contribution >= 4 is 5.97 Å². The highest BCUT2D eigenvalue weighted by molar-refractivity contribution is 5.71. The van der Waals surface area contributed by atoms with E-state index in [9.17, 15) is 15.0 Å². The fraction of sp³-hybridized carbons (Fsp3) is 0.462. The summed E-state index contributed by atoms with van der Waals surface area (Å²) in [5.41, 5.74) is 6.12. The molecule has 0 aliphatic rings. The maximum Gasteiger partial charge on any atom is 0.307 e. The molecular formula is C13H19NO5. The van der Waals surface area contributed by atoms with Crippen LogP contribution in [0.3, 0.4) is 0 Å². The Bertz CT molecular complexity index is 435. The molecule has 0 saturated carbocycles. The zero-order chi connectivity index (χ0) is 14.4. The van der Waals surface area contributed by atoms with Gasteiger partial charge < -0.3 is 25.8 Å². The standard InChI is InChI=1S/C13H19NO5/c1-19-9-3-2-8(6-12(16)17)10(7-9)13(18)11(15)4-5-14/h2-3,7,11,13,15,18H,4-6,14H2,1H3,(H,16,17). The van der Waals surface area contributed by atoms with E-state index in [0.717, 1.165) is 0 Å². The van der Waals surface area contributed by atoms with Crippen LogP contribution in [-0.2, 0) is 11.2 Å². The van der Waals surface area contributed by atoms with E-state index >= 15 is 0 Å². The number of hydrogen-bond acceptors (Lipinski definition) is 5. The molecule has 0 aliphatic heterocycles. The van der Waals surface area contributed by atoms with E-state index in [1.807, 2.05) is 0 Å². The zero-order valence-corrected chi connectivity index (χ0v) is 10.7. The maximum atomic E-state index is 10.8. The van der Waals surface area contributed by atoms with Gasteiger partial charge in [-0.1, -0.05) is 6.07 Å². The molecule has 0 amide bonds. The van der Waals surface area contributed by atoms with Crippen molar-refractivity contribution in [1.29, 1.82) is 0 Å². The molecule has 0 bridgehead atoms. The van der Waals surface area contributed by atoms with Gasteiger partial charge in [0.15, 0.2) is 0 Å². The number of carbonyl (C=O) groups is 1. The lowest BCUT2D eigenvalue weighted by Crippen LogP contribution is -2.23. The number of hydrogen-bond donors (Lipinski definition) is 4. The molecule has 1 aromatic rings. The number of carboxylic acids is 1. The van der Waals surface area contributed by atoms with Gasteiger partial charge in [0.1, 0.15) is 11.9 Å². The van der Waals surface area contributed by atoms with Crippen molar-refractivity contribution in [1.82, 2.24) is 0 Å². The Kier molecular flexibility index (Phi) is 5.75. The molecule has 106 valence electrons. The Morgan fingerprint density at radius 3 is 2.63 bits per heavy atom. The van der Waals surface area contributed by atoms with Crippen molar-refractivity contribution in [3.63, 3.8) is 0 Å². The first-order chi connectivity index (χ1) is 8.99. The third-order valence-electron chi connectivity index (χ3n) is 2.84. The summed E-state index contributed by atoms with van der Waals surface area (Å²) in [5, 5.41) is 28.7. The van der Waals surface area contributed by atoms with Gasteiger partial charge in [-0.3, -0.25) is 4.79 Å². The predicted molar refractivity (Wildman–Crippen MR) is 69.0 cm³/mol. The maximum absolute atomic E-state index is 10.8. The summed E-state index contributed by atoms with van der Waals surface area (Å²) in [6, 6.07) is 4.72. The normalized spacial score (nSPS) is 13.9. The van der Waals surface area contributed by atoms with Gasteiger partial charge in [0, 0.05) is 0 Å². The smallest absolute Gasteiger partial charge is 0.307 e. The summed E-state index contributed by atoms with van der Waals surface area (Å²) in [7, 11) is 1.47. The van der Waals surface area contributed by atoms with E-state index in [0.29, 0.717) is 16.9 Å². The van der Waals surface area contributed by atoms with Crippen LogP contribution in [0.5, 0.6) is 5.75 Å². The molecule has 0 fully saturated rings. The second kappa shape index (κ2) is 7.08. The molecular weight excluding hydrogens is 250 g/mol. The highest BCUT2D eigenvalue weighted by Gasteiger charge is 2.22. The molecule has 0 heterocycles. The Labute approximate surface area is 111 Å². The molecule has 6 nitrogen and oxygen atoms in total. The van der Waals surface area contributed by atoms with Crippen molar-refractivity contribution < 1.29 is 24.9 Å². The molecule has 2 atom stereocenters. The minimum Gasteiger partial charge on any atom is -0.497 e. The van der Waals surface area contributed by atoms with Crippen LogP contribution >= 0.6 is 0 Å². The zero-order valence-electron chi connectivity index (χ0n) is 10.7. The molecule has 1 aromatic carbocycles. The number of carboxylic acid groups (broad SMARTS) is 1. The summed E-state index contributed by atoms with van der Waals surface area (Å²) in [6.07, 6.45) is -2.23. The topological polar surface area (TPSA) is 113 Å². The lowest BCUT2D eigenvalue weighted by molar-refractivity contribution is -0.136. The second-order valence-electron chi connectivity index (χ2n) is 4.22. The van der Waals surface area contributed by atoms with Gasteiger partial charge in [-0.2, -0.15) is 0 Å². The third kappa shape index (κ3) is 4.20. The van der Waals surface area contributed by atoms with E-state index in [4.69, 9.17) is 15.6 Å². The van der Waals surface area contributed by atoms with Crippen molar-refractivity contribution in [2.75, 3.05) is 13.7 Å². The van der Waals surface area contributed by atoms with E-state index in [2.05, 4.69) is 0 Å². The van der Waals surface area contributed by atoms with Crippen LogP contribution in [0.4, 0.5) is 0 Å². The molecule has 5 N–H and O–H groups in total. The Morgan fingerprint density at radius 2 is 2.11 bits per heavy atom. The van der Waals surface area contributed by atoms with E-state index in [1.165, 1.54) is 13.2 Å². The average molecular weight is 269 g/mol. The SMILES string of the molecule is COc1ccc(CC(=O)O)c(C(O)C(O)CCN)c1. The summed E-state index contributed by atoms with van der Waals surface area (Å²) in [4.78, 5) is 10.8. The molecule has 0 aromatic heterocycles. The van der Waals surface area contributed by atoms with Crippen LogP contribution in [0.25, 0.3) is 0 Å². The van der Waals surface area contributed by atoms with Gasteiger partial charge in [0.05, 0.1) is 19.6 Å². The summed E-state index contributed by atoms with van der Waals surface area (Å²) in [6.45, 7) is 0.233. The number of nitrogens with two attached hydrogens (primary N) is 1. The molecule has 0 radical (unpaired) electrons. The van der Waals surface area contributed by atoms with Gasteiger partial charge in [-0.25, -0.2) is 0 Å². The van der Waals surface area contributed by atoms with Crippen LogP contribution in [0.15, 0.2) is 18.2 Å². The first kappa shape index (κ1) is 15.4. The van der Waals surface area contributed by atoms with Gasteiger partial charge in [-0.15, -0.1) is 0 Å². The molecule has 2 unspecified atom stereocenters. The van der Waals surface area contributed by atoms with Crippen LogP contribution in [-0.4, -0.2) is 41.0 Å². The van der Waals surface area contributed by atoms with Crippen LogP contribution in [0.1, 0.15) is 23.7 Å². The second-order valence-corrected chi connectivity index (χ2v) is 4.22. The number of rotatable bonds is 7. The minimum absolute atomic E-state index is 0.227. The predicted octanol–water partition coefficient (Wildman–Crippen LogP) is 0.0654. The monoisotopic (exact) mass is 269 g/mol. The molecule has 19 heavy (non-hydrogen) atoms. The fourth-order valence-corrected chi connectivity index (χ4v) is 1.84. The summed E-state index contributed by atoms with van der Waals surface area (Å²) < 4.78 is 5.04. The van der Waals surface area contributed by atoms with E-state index in [-0.39, 0.29) is 19.4 Å². The Hall–Kier alpha value is -1.63. The molecule has 1 rings (SSSR count). The average Bonchev–Trinajstić information content (AvgIpc) is 2.38. The first-order valence-electron chi connectivity index (χ1n) is 5.94. The van der Waals surface area contributed by atoms with Crippen molar-refractivity contribution in [2.45, 2.75) is 25.0 Å². The number of methoxy groups -OCH3 is 1. The lowest BCUT2D eigenvalue weighted by Gasteiger charge is -2.20. The summed E-state index contributed by atoms with van der Waals surface area (Å²) >= 11 is 0. The van der Waals surface area contributed by atoms with Crippen LogP contribution in [0.2, 0.25) is 0 Å². The van der Waals surface area contributed by atoms with Gasteiger partial charge in [0.25, 0.3) is 0 Å². The summed E-state index contributed by atoms with van der Waals surface area (Å²) in [5.74, 6) is -0.518. The number of aliphatic carboxylic acids is 1. The van der Waals surface area contributed by atoms with Gasteiger partial charge in [0.2, 0.25) is 0 Å². The van der Waals surface area contributed by atoms with Crippen LogP contribution < -0.4 is 10.5 Å². The number of aliphatic hydroxyl groups is 2. The first-order valence-corrected chi connectivity index (χ1v) is 5.94. The molecule has 0 aliphatic carbocycles. The molecule has 6 heteroatoms. The highest BCUT2D eigenvalue weighted by Crippen LogP contribution is 2.27. The Balaban J connectivity index is 3.08. The minimum atomic E-state index is -1.19. The lowest BCUT2D eigenvalue weighted by atomic mass is 9.95. The molecule has 0 saturated heterocycles. The van der Waals surface area contributed by atoms with Gasteiger partial charge in [-0.05, 0) is 36.2 Å². The van der Waals surface area contributed by atoms with Crippen molar-refractivity contribution in [3.05, 3.63) is 29.3 Å². The fourth-order valence-electron chi connectivity index (χ4n) is 1.84. The third-order valence-corrected chi connectivity index (χ3v) is 2.84. The van der Waals surface area contributed by atoms with Crippen LogP contribution in [0, 0.1) is 0 Å². The van der Waals surface area contributed by atoms with E-state index in [1.54, 1.807) is 12.1 Å². The number of ether oxygens (including phenoxy) is 1. The largest absolute Gasteiger partial charge is 0.497 e. The van der Waals surface area contributed by atoms with Crippen molar-refractivity contribution in [3.8, 4) is 5.75 Å². The van der Waals surface area contributed by atoms with E-state index < -0.39 is 18.2 Å². The number of benzene rings is 1. The quantitative estimate of drug-likeness (QED) is 0.557. The molecule has 0 spiro atoms. The van der Waals surface area contributed by atoms with Gasteiger partial charge >= 0.3 is 5.97 Å².